The Morgan fingerprint density at radius 3 is 2.50 bits per heavy atom. The van der Waals surface area contributed by atoms with Crippen LogP contribution in [-0.4, -0.2) is 41.5 Å². The number of hydrogen-bond donors (Lipinski definition) is 2. The Balaban J connectivity index is 2.11. The van der Waals surface area contributed by atoms with Gasteiger partial charge in [0.1, 0.15) is 4.99 Å². The summed E-state index contributed by atoms with van der Waals surface area (Å²) in [5.41, 5.74) is 5.96. The molecule has 0 radical (unpaired) electrons. The van der Waals surface area contributed by atoms with E-state index < -0.39 is 15.6 Å². The number of nitrogens with two attached hydrogens (primary N) is 1. The Labute approximate surface area is 124 Å². The zero-order valence-corrected chi connectivity index (χ0v) is 12.9. The maximum absolute atomic E-state index is 12.3. The van der Waals surface area contributed by atoms with Crippen molar-refractivity contribution in [2.75, 3.05) is 13.1 Å². The number of benzene rings is 1. The molecule has 0 saturated carbocycles. The van der Waals surface area contributed by atoms with Crippen LogP contribution in [0.25, 0.3) is 0 Å². The fourth-order valence-electron chi connectivity index (χ4n) is 2.21. The number of sulfonamides is 1. The van der Waals surface area contributed by atoms with Crippen LogP contribution in [0.2, 0.25) is 0 Å². The summed E-state index contributed by atoms with van der Waals surface area (Å²) in [7, 11) is -3.41. The number of thiocarbonyl (C=S) groups is 1. The summed E-state index contributed by atoms with van der Waals surface area (Å²) >= 11 is 4.85. The third kappa shape index (κ3) is 3.54. The number of hydrogen-bond acceptors (Lipinski definition) is 4. The van der Waals surface area contributed by atoms with E-state index in [0.717, 1.165) is 0 Å². The summed E-state index contributed by atoms with van der Waals surface area (Å²) in [4.78, 5) is 0.287. The van der Waals surface area contributed by atoms with Crippen LogP contribution in [0, 0.1) is 0 Å². The summed E-state index contributed by atoms with van der Waals surface area (Å²) < 4.78 is 25.9. The molecule has 1 fully saturated rings. The smallest absolute Gasteiger partial charge is 0.218 e. The van der Waals surface area contributed by atoms with Gasteiger partial charge in [0.05, 0.1) is 11.4 Å². The van der Waals surface area contributed by atoms with Crippen molar-refractivity contribution >= 4 is 27.2 Å². The van der Waals surface area contributed by atoms with Crippen LogP contribution in [0.15, 0.2) is 24.3 Å². The minimum Gasteiger partial charge on any atom is -0.389 e. The summed E-state index contributed by atoms with van der Waals surface area (Å²) in [6.45, 7) is 2.17. The maximum Gasteiger partial charge on any atom is 0.218 e. The van der Waals surface area contributed by atoms with Gasteiger partial charge in [-0.1, -0.05) is 36.5 Å². The van der Waals surface area contributed by atoms with E-state index >= 15 is 0 Å². The molecule has 1 atom stereocenters. The first kappa shape index (κ1) is 15.4. The number of aliphatic hydroxyl groups is 1. The van der Waals surface area contributed by atoms with E-state index in [1.165, 1.54) is 4.31 Å². The van der Waals surface area contributed by atoms with E-state index in [9.17, 15) is 13.5 Å². The fraction of sp³-hybridized carbons (Fsp3) is 0.462. The molecule has 1 aromatic rings. The Bertz CT molecular complexity index is 609. The highest BCUT2D eigenvalue weighted by Crippen LogP contribution is 2.24. The number of rotatable bonds is 4. The van der Waals surface area contributed by atoms with Crippen LogP contribution in [-0.2, 0) is 15.8 Å². The van der Waals surface area contributed by atoms with Gasteiger partial charge in [-0.2, -0.15) is 4.31 Å². The minimum absolute atomic E-state index is 0.0826. The molecule has 1 aromatic carbocycles. The van der Waals surface area contributed by atoms with Crippen LogP contribution in [0.4, 0.5) is 0 Å². The van der Waals surface area contributed by atoms with Crippen molar-refractivity contribution in [3.05, 3.63) is 35.4 Å². The molecule has 1 saturated heterocycles. The Hall–Kier alpha value is -1.02. The van der Waals surface area contributed by atoms with Crippen molar-refractivity contribution in [3.63, 3.8) is 0 Å². The lowest BCUT2D eigenvalue weighted by atomic mass is 10.1. The van der Waals surface area contributed by atoms with Crippen LogP contribution < -0.4 is 5.73 Å². The van der Waals surface area contributed by atoms with Crippen molar-refractivity contribution in [2.24, 2.45) is 5.73 Å². The van der Waals surface area contributed by atoms with Gasteiger partial charge >= 0.3 is 0 Å². The van der Waals surface area contributed by atoms with E-state index in [1.54, 1.807) is 31.2 Å². The zero-order chi connectivity index (χ0) is 15.0. The van der Waals surface area contributed by atoms with E-state index in [0.29, 0.717) is 24.1 Å². The lowest BCUT2D eigenvalue weighted by Gasteiger charge is -2.19. The minimum atomic E-state index is -3.41. The molecule has 20 heavy (non-hydrogen) atoms. The van der Waals surface area contributed by atoms with E-state index in [4.69, 9.17) is 18.0 Å². The molecule has 1 aliphatic heterocycles. The molecule has 110 valence electrons. The Kier molecular flexibility index (Phi) is 4.15. The van der Waals surface area contributed by atoms with E-state index in [2.05, 4.69) is 0 Å². The molecule has 0 spiro atoms. The second kappa shape index (κ2) is 5.40. The maximum atomic E-state index is 12.3. The van der Waals surface area contributed by atoms with Gasteiger partial charge < -0.3 is 10.8 Å². The standard InChI is InChI=1S/C13H18N2O3S2/c1-13(16)6-7-15(9-13)20(17,18)8-10-2-4-11(5-3-10)12(14)19/h2-5,16H,6-9H2,1H3,(H2,14,19). The third-order valence-corrected chi connectivity index (χ3v) is 5.43. The molecule has 1 unspecified atom stereocenters. The first-order valence-corrected chi connectivity index (χ1v) is 8.30. The van der Waals surface area contributed by atoms with E-state index in [-0.39, 0.29) is 17.3 Å². The second-order valence-electron chi connectivity index (χ2n) is 5.40. The van der Waals surface area contributed by atoms with Crippen molar-refractivity contribution in [1.82, 2.24) is 4.31 Å². The first-order valence-electron chi connectivity index (χ1n) is 6.29. The van der Waals surface area contributed by atoms with Gasteiger partial charge in [0, 0.05) is 18.7 Å². The molecule has 0 bridgehead atoms. The molecule has 2 rings (SSSR count). The highest BCUT2D eigenvalue weighted by Gasteiger charge is 2.37. The summed E-state index contributed by atoms with van der Waals surface area (Å²) in [6, 6.07) is 6.85. The summed E-state index contributed by atoms with van der Waals surface area (Å²) in [6.07, 6.45) is 0.465. The average molecular weight is 314 g/mol. The van der Waals surface area contributed by atoms with Gasteiger partial charge in [-0.05, 0) is 18.9 Å². The second-order valence-corrected chi connectivity index (χ2v) is 7.81. The first-order chi connectivity index (χ1) is 9.20. The lowest BCUT2D eigenvalue weighted by Crippen LogP contribution is -2.34. The molecule has 1 aliphatic rings. The Morgan fingerprint density at radius 1 is 1.45 bits per heavy atom. The molecule has 3 N–H and O–H groups in total. The monoisotopic (exact) mass is 314 g/mol. The van der Waals surface area contributed by atoms with Gasteiger partial charge in [0.2, 0.25) is 10.0 Å². The molecule has 0 aromatic heterocycles. The van der Waals surface area contributed by atoms with Gasteiger partial charge in [0.25, 0.3) is 0 Å². The largest absolute Gasteiger partial charge is 0.389 e. The Morgan fingerprint density at radius 2 is 2.05 bits per heavy atom. The van der Waals surface area contributed by atoms with Crippen molar-refractivity contribution in [3.8, 4) is 0 Å². The molecular formula is C13H18N2O3S2. The number of nitrogens with zero attached hydrogens (tertiary/aromatic N) is 1. The van der Waals surface area contributed by atoms with Crippen LogP contribution >= 0.6 is 12.2 Å². The van der Waals surface area contributed by atoms with Crippen LogP contribution in [0.1, 0.15) is 24.5 Å². The quantitative estimate of drug-likeness (QED) is 0.796. The highest BCUT2D eigenvalue weighted by molar-refractivity contribution is 7.88. The molecule has 0 aliphatic carbocycles. The van der Waals surface area contributed by atoms with E-state index in [1.807, 2.05) is 0 Å². The van der Waals surface area contributed by atoms with Crippen LogP contribution in [0.5, 0.6) is 0 Å². The van der Waals surface area contributed by atoms with Crippen molar-refractivity contribution < 1.29 is 13.5 Å². The molecule has 1 heterocycles. The van der Waals surface area contributed by atoms with Crippen molar-refractivity contribution in [2.45, 2.75) is 24.7 Å². The number of β-amino-alcohol motifs (C(OH)–C–C–N with tert-alkyl or cyclic N) is 1. The predicted molar refractivity (Wildman–Crippen MR) is 81.8 cm³/mol. The zero-order valence-electron chi connectivity index (χ0n) is 11.2. The van der Waals surface area contributed by atoms with Gasteiger partial charge in [-0.3, -0.25) is 0 Å². The van der Waals surface area contributed by atoms with Crippen molar-refractivity contribution in [1.29, 1.82) is 0 Å². The van der Waals surface area contributed by atoms with Crippen LogP contribution in [0.3, 0.4) is 0 Å². The fourth-order valence-corrected chi connectivity index (χ4v) is 3.98. The van der Waals surface area contributed by atoms with Gasteiger partial charge in [0.15, 0.2) is 0 Å². The molecule has 7 heteroatoms. The summed E-state index contributed by atoms with van der Waals surface area (Å²) in [5, 5.41) is 9.86. The topological polar surface area (TPSA) is 83.6 Å². The molecular weight excluding hydrogens is 296 g/mol. The SMILES string of the molecule is CC1(O)CCN(S(=O)(=O)Cc2ccc(C(N)=S)cc2)C1. The lowest BCUT2D eigenvalue weighted by molar-refractivity contribution is 0.0762. The normalized spacial score (nSPS) is 23.9. The third-order valence-electron chi connectivity index (χ3n) is 3.40. The summed E-state index contributed by atoms with van der Waals surface area (Å²) in [5.74, 6) is -0.0826. The average Bonchev–Trinajstić information content (AvgIpc) is 2.70. The van der Waals surface area contributed by atoms with Gasteiger partial charge in [-0.25, -0.2) is 8.42 Å². The van der Waals surface area contributed by atoms with Gasteiger partial charge in [-0.15, -0.1) is 0 Å². The predicted octanol–water partition coefficient (Wildman–Crippen LogP) is 0.607. The highest BCUT2D eigenvalue weighted by atomic mass is 32.2. The molecule has 0 amide bonds. The molecule has 5 nitrogen and oxygen atoms in total.